The fraction of sp³-hybridized carbons (Fsp3) is 0.889. The Morgan fingerprint density at radius 1 is 1.33 bits per heavy atom. The first kappa shape index (κ1) is 8.20. The summed E-state index contributed by atoms with van der Waals surface area (Å²) in [7, 11) is 2.06. The summed E-state index contributed by atoms with van der Waals surface area (Å²) in [6, 6.07) is 0.611. The van der Waals surface area contributed by atoms with Crippen molar-refractivity contribution in [3.05, 3.63) is 0 Å². The van der Waals surface area contributed by atoms with E-state index in [0.717, 1.165) is 12.8 Å². The van der Waals surface area contributed by atoms with Gasteiger partial charge in [0.1, 0.15) is 5.78 Å². The number of aliphatic hydroxyl groups excluding tert-OH is 1. The quantitative estimate of drug-likeness (QED) is 0.562. The number of fused-ring (bicyclic) bond motifs is 2. The van der Waals surface area contributed by atoms with Crippen LogP contribution in [0.25, 0.3) is 0 Å². The maximum atomic E-state index is 11.2. The molecule has 2 unspecified atom stereocenters. The van der Waals surface area contributed by atoms with Gasteiger partial charge in [-0.25, -0.2) is 0 Å². The van der Waals surface area contributed by atoms with E-state index in [-0.39, 0.29) is 6.10 Å². The van der Waals surface area contributed by atoms with E-state index in [0.29, 0.717) is 30.7 Å². The maximum absolute atomic E-state index is 11.2. The topological polar surface area (TPSA) is 40.5 Å². The molecule has 0 radical (unpaired) electrons. The van der Waals surface area contributed by atoms with Crippen LogP contribution in [-0.4, -0.2) is 41.0 Å². The van der Waals surface area contributed by atoms with Gasteiger partial charge in [0.2, 0.25) is 0 Å². The van der Waals surface area contributed by atoms with Gasteiger partial charge in [-0.15, -0.1) is 0 Å². The Morgan fingerprint density at radius 2 is 1.83 bits per heavy atom. The van der Waals surface area contributed by atoms with E-state index in [4.69, 9.17) is 0 Å². The largest absolute Gasteiger partial charge is 0.393 e. The lowest BCUT2D eigenvalue weighted by atomic mass is 9.83. The Balaban J connectivity index is 2.13. The maximum Gasteiger partial charge on any atom is 0.136 e. The van der Waals surface area contributed by atoms with Crippen molar-refractivity contribution in [2.75, 3.05) is 7.05 Å². The van der Waals surface area contributed by atoms with Crippen molar-refractivity contribution in [3.63, 3.8) is 0 Å². The predicted molar refractivity (Wildman–Crippen MR) is 44.8 cm³/mol. The minimum absolute atomic E-state index is 0.177. The van der Waals surface area contributed by atoms with Crippen LogP contribution in [0.2, 0.25) is 0 Å². The highest BCUT2D eigenvalue weighted by atomic mass is 16.3. The molecule has 2 atom stereocenters. The Bertz CT molecular complexity index is 187. The fourth-order valence-corrected chi connectivity index (χ4v) is 2.42. The Kier molecular flexibility index (Phi) is 1.93. The molecular formula is C9H15NO2. The molecule has 2 heterocycles. The Morgan fingerprint density at radius 3 is 2.33 bits per heavy atom. The highest BCUT2D eigenvalue weighted by molar-refractivity contribution is 5.80. The van der Waals surface area contributed by atoms with Crippen LogP contribution >= 0.6 is 0 Å². The molecule has 3 nitrogen and oxygen atoms in total. The summed E-state index contributed by atoms with van der Waals surface area (Å²) in [5, 5.41) is 9.48. The molecule has 2 saturated heterocycles. The molecule has 2 fully saturated rings. The average molecular weight is 169 g/mol. The minimum Gasteiger partial charge on any atom is -0.393 e. The summed E-state index contributed by atoms with van der Waals surface area (Å²) < 4.78 is 0. The zero-order valence-corrected chi connectivity index (χ0v) is 7.36. The third-order valence-corrected chi connectivity index (χ3v) is 3.17. The molecule has 0 amide bonds. The fourth-order valence-electron chi connectivity index (χ4n) is 2.42. The number of Topliss-reactive ketones (excluding diaryl/α,β-unsaturated/α-hetero) is 1. The van der Waals surface area contributed by atoms with Gasteiger partial charge < -0.3 is 5.11 Å². The standard InChI is InChI=1S/C9H15NO2/c1-10-6-2-8(11)4-7(10)5-9(12)3-6/h6-8,11H,2-5H2,1H3. The molecule has 0 saturated carbocycles. The summed E-state index contributed by atoms with van der Waals surface area (Å²) in [6.07, 6.45) is 2.66. The number of carbonyl (C=O) groups is 1. The highest BCUT2D eigenvalue weighted by Crippen LogP contribution is 2.30. The van der Waals surface area contributed by atoms with Gasteiger partial charge in [-0.3, -0.25) is 9.69 Å². The van der Waals surface area contributed by atoms with Crippen molar-refractivity contribution in [1.82, 2.24) is 4.90 Å². The molecule has 0 aromatic carbocycles. The van der Waals surface area contributed by atoms with Crippen LogP contribution < -0.4 is 0 Å². The van der Waals surface area contributed by atoms with Crippen LogP contribution in [0.15, 0.2) is 0 Å². The van der Waals surface area contributed by atoms with Gasteiger partial charge in [0, 0.05) is 24.9 Å². The zero-order chi connectivity index (χ0) is 8.72. The number of piperidine rings is 2. The van der Waals surface area contributed by atoms with E-state index < -0.39 is 0 Å². The van der Waals surface area contributed by atoms with Crippen molar-refractivity contribution in [3.8, 4) is 0 Å². The lowest BCUT2D eigenvalue weighted by Gasteiger charge is -2.44. The molecule has 0 aromatic heterocycles. The van der Waals surface area contributed by atoms with Crippen molar-refractivity contribution in [2.45, 2.75) is 43.9 Å². The van der Waals surface area contributed by atoms with Gasteiger partial charge in [-0.1, -0.05) is 0 Å². The number of hydrogen-bond acceptors (Lipinski definition) is 3. The second kappa shape index (κ2) is 2.82. The van der Waals surface area contributed by atoms with Gasteiger partial charge >= 0.3 is 0 Å². The third kappa shape index (κ3) is 1.27. The van der Waals surface area contributed by atoms with Crippen molar-refractivity contribution in [2.24, 2.45) is 0 Å². The first-order valence-electron chi connectivity index (χ1n) is 4.58. The van der Waals surface area contributed by atoms with E-state index in [1.807, 2.05) is 0 Å². The van der Waals surface area contributed by atoms with Crippen molar-refractivity contribution >= 4 is 5.78 Å². The van der Waals surface area contributed by atoms with E-state index in [1.54, 1.807) is 0 Å². The number of carbonyl (C=O) groups excluding carboxylic acids is 1. The molecule has 1 N–H and O–H groups in total. The van der Waals surface area contributed by atoms with Crippen LogP contribution in [0.4, 0.5) is 0 Å². The second-order valence-corrected chi connectivity index (χ2v) is 4.05. The van der Waals surface area contributed by atoms with Gasteiger partial charge in [0.25, 0.3) is 0 Å². The summed E-state index contributed by atoms with van der Waals surface area (Å²) in [6.45, 7) is 0. The Labute approximate surface area is 72.4 Å². The smallest absolute Gasteiger partial charge is 0.136 e. The SMILES string of the molecule is CN1C2CC(=O)CC1CC(O)C2. The summed E-state index contributed by atoms with van der Waals surface area (Å²) >= 11 is 0. The van der Waals surface area contributed by atoms with Crippen LogP contribution in [-0.2, 0) is 4.79 Å². The van der Waals surface area contributed by atoms with Gasteiger partial charge in [0.05, 0.1) is 6.10 Å². The van der Waals surface area contributed by atoms with Gasteiger partial charge in [0.15, 0.2) is 0 Å². The zero-order valence-electron chi connectivity index (χ0n) is 7.36. The predicted octanol–water partition coefficient (Wildman–Crippen LogP) is 0.173. The van der Waals surface area contributed by atoms with E-state index in [9.17, 15) is 9.90 Å². The monoisotopic (exact) mass is 169 g/mol. The highest BCUT2D eigenvalue weighted by Gasteiger charge is 2.38. The van der Waals surface area contributed by atoms with Gasteiger partial charge in [-0.2, -0.15) is 0 Å². The molecule has 3 heteroatoms. The van der Waals surface area contributed by atoms with Gasteiger partial charge in [-0.05, 0) is 19.9 Å². The Hall–Kier alpha value is -0.410. The van der Waals surface area contributed by atoms with Crippen LogP contribution in [0.1, 0.15) is 25.7 Å². The lowest BCUT2D eigenvalue weighted by Crippen LogP contribution is -2.53. The number of ketones is 1. The number of aliphatic hydroxyl groups is 1. The molecule has 0 spiro atoms. The molecule has 2 aliphatic heterocycles. The number of hydrogen-bond donors (Lipinski definition) is 1. The van der Waals surface area contributed by atoms with Crippen LogP contribution in [0.5, 0.6) is 0 Å². The van der Waals surface area contributed by atoms with E-state index in [1.165, 1.54) is 0 Å². The minimum atomic E-state index is -0.177. The summed E-state index contributed by atoms with van der Waals surface area (Å²) in [5.41, 5.74) is 0. The molecule has 12 heavy (non-hydrogen) atoms. The molecule has 2 rings (SSSR count). The lowest BCUT2D eigenvalue weighted by molar-refractivity contribution is -0.128. The number of nitrogens with zero attached hydrogens (tertiary/aromatic N) is 1. The average Bonchev–Trinajstić information content (AvgIpc) is 1.94. The first-order valence-corrected chi connectivity index (χ1v) is 4.58. The van der Waals surface area contributed by atoms with E-state index in [2.05, 4.69) is 11.9 Å². The molecular weight excluding hydrogens is 154 g/mol. The molecule has 0 aliphatic carbocycles. The molecule has 2 bridgehead atoms. The van der Waals surface area contributed by atoms with Crippen LogP contribution in [0, 0.1) is 0 Å². The van der Waals surface area contributed by atoms with Crippen molar-refractivity contribution in [1.29, 1.82) is 0 Å². The molecule has 2 aliphatic rings. The third-order valence-electron chi connectivity index (χ3n) is 3.17. The normalized spacial score (nSPS) is 43.2. The molecule has 68 valence electrons. The summed E-state index contributed by atoms with van der Waals surface area (Å²) in [4.78, 5) is 13.5. The molecule has 0 aromatic rings. The van der Waals surface area contributed by atoms with Crippen molar-refractivity contribution < 1.29 is 9.90 Å². The number of rotatable bonds is 0. The first-order chi connectivity index (χ1) is 5.66. The van der Waals surface area contributed by atoms with E-state index >= 15 is 0 Å². The summed E-state index contributed by atoms with van der Waals surface area (Å²) in [5.74, 6) is 0.370. The van der Waals surface area contributed by atoms with Crippen LogP contribution in [0.3, 0.4) is 0 Å². The second-order valence-electron chi connectivity index (χ2n) is 4.05.